The zero-order valence-corrected chi connectivity index (χ0v) is 12.4. The number of nitrogens with zero attached hydrogens (tertiary/aromatic N) is 1. The van der Waals surface area contributed by atoms with Crippen LogP contribution >= 0.6 is 0 Å². The van der Waals surface area contributed by atoms with E-state index in [0.29, 0.717) is 0 Å². The van der Waals surface area contributed by atoms with E-state index in [4.69, 9.17) is 0 Å². The van der Waals surface area contributed by atoms with Crippen LogP contribution in [-0.4, -0.2) is 42.6 Å². The smallest absolute Gasteiger partial charge is 0.0456 e. The highest BCUT2D eigenvalue weighted by molar-refractivity contribution is 5.83. The molecule has 0 saturated carbocycles. The second kappa shape index (κ2) is 6.42. The molecular weight excluding hydrogens is 246 g/mol. The first kappa shape index (κ1) is 13.7. The van der Waals surface area contributed by atoms with Crippen LogP contribution in [0.4, 0.5) is 0 Å². The summed E-state index contributed by atoms with van der Waals surface area (Å²) >= 11 is 0. The highest BCUT2D eigenvalue weighted by Crippen LogP contribution is 2.21. The Morgan fingerprint density at radius 3 is 3.05 bits per heavy atom. The minimum absolute atomic E-state index is 1.11. The Kier molecular flexibility index (Phi) is 4.38. The van der Waals surface area contributed by atoms with Gasteiger partial charge in [0.1, 0.15) is 0 Å². The second-order valence-electron chi connectivity index (χ2n) is 5.74. The summed E-state index contributed by atoms with van der Waals surface area (Å²) in [5.41, 5.74) is 4.17. The van der Waals surface area contributed by atoms with Crippen LogP contribution in [0, 0.1) is 0 Å². The van der Waals surface area contributed by atoms with E-state index < -0.39 is 0 Å². The van der Waals surface area contributed by atoms with Crippen molar-refractivity contribution in [2.75, 3.05) is 32.7 Å². The highest BCUT2D eigenvalue weighted by Gasteiger charge is 2.10. The molecule has 2 aromatic rings. The third-order valence-electron chi connectivity index (χ3n) is 4.37. The van der Waals surface area contributed by atoms with Crippen molar-refractivity contribution >= 4 is 10.9 Å². The minimum atomic E-state index is 1.11. The first-order valence-corrected chi connectivity index (χ1v) is 7.89. The molecule has 1 fully saturated rings. The number of rotatable bonds is 4. The van der Waals surface area contributed by atoms with Gasteiger partial charge in [-0.05, 0) is 55.6 Å². The Morgan fingerprint density at radius 1 is 1.20 bits per heavy atom. The molecule has 2 N–H and O–H groups in total. The second-order valence-corrected chi connectivity index (χ2v) is 5.74. The molecular formula is C17H25N3. The predicted octanol–water partition coefficient (Wildman–Crippen LogP) is 2.57. The van der Waals surface area contributed by atoms with Crippen LogP contribution in [0.1, 0.15) is 24.5 Å². The van der Waals surface area contributed by atoms with E-state index in [9.17, 15) is 0 Å². The third-order valence-corrected chi connectivity index (χ3v) is 4.37. The quantitative estimate of drug-likeness (QED) is 0.895. The van der Waals surface area contributed by atoms with Crippen LogP contribution in [0.3, 0.4) is 0 Å². The molecule has 2 heterocycles. The number of benzene rings is 1. The zero-order valence-electron chi connectivity index (χ0n) is 12.4. The van der Waals surface area contributed by atoms with E-state index in [2.05, 4.69) is 46.5 Å². The van der Waals surface area contributed by atoms with Crippen LogP contribution in [-0.2, 0) is 12.8 Å². The van der Waals surface area contributed by atoms with E-state index in [1.165, 1.54) is 54.6 Å². The van der Waals surface area contributed by atoms with E-state index in [1.54, 1.807) is 0 Å². The fourth-order valence-electron chi connectivity index (χ4n) is 3.06. The highest BCUT2D eigenvalue weighted by atomic mass is 15.1. The molecule has 1 aliphatic heterocycles. The Balaban J connectivity index is 1.70. The summed E-state index contributed by atoms with van der Waals surface area (Å²) in [6.07, 6.45) is 5.72. The van der Waals surface area contributed by atoms with Gasteiger partial charge in [0.05, 0.1) is 0 Å². The lowest BCUT2D eigenvalue weighted by Gasteiger charge is -2.18. The van der Waals surface area contributed by atoms with Gasteiger partial charge in [0, 0.05) is 36.7 Å². The molecule has 1 aliphatic rings. The number of aromatic amines is 1. The maximum Gasteiger partial charge on any atom is 0.0456 e. The van der Waals surface area contributed by atoms with Gasteiger partial charge in [0.25, 0.3) is 0 Å². The summed E-state index contributed by atoms with van der Waals surface area (Å²) in [4.78, 5) is 5.99. The van der Waals surface area contributed by atoms with Crippen LogP contribution < -0.4 is 5.32 Å². The molecule has 3 heteroatoms. The van der Waals surface area contributed by atoms with Gasteiger partial charge in [-0.2, -0.15) is 0 Å². The molecule has 1 aromatic heterocycles. The van der Waals surface area contributed by atoms with Crippen molar-refractivity contribution < 1.29 is 0 Å². The van der Waals surface area contributed by atoms with Gasteiger partial charge in [-0.15, -0.1) is 0 Å². The normalized spacial score (nSPS) is 17.4. The van der Waals surface area contributed by atoms with E-state index >= 15 is 0 Å². The molecule has 0 amide bonds. The lowest BCUT2D eigenvalue weighted by atomic mass is 10.1. The van der Waals surface area contributed by atoms with Gasteiger partial charge in [0.15, 0.2) is 0 Å². The summed E-state index contributed by atoms with van der Waals surface area (Å²) in [6.45, 7) is 8.11. The van der Waals surface area contributed by atoms with E-state index in [1.807, 2.05) is 0 Å². The number of hydrogen-bond acceptors (Lipinski definition) is 2. The molecule has 1 saturated heterocycles. The molecule has 0 unspecified atom stereocenters. The van der Waals surface area contributed by atoms with Gasteiger partial charge in [-0.25, -0.2) is 0 Å². The SMILES string of the molecule is CCc1ccc2[nH]cc(CCN3CCCNCC3)c2c1. The van der Waals surface area contributed by atoms with Gasteiger partial charge in [-0.3, -0.25) is 0 Å². The lowest BCUT2D eigenvalue weighted by molar-refractivity contribution is 0.296. The number of aromatic nitrogens is 1. The van der Waals surface area contributed by atoms with Crippen molar-refractivity contribution in [2.24, 2.45) is 0 Å². The first-order chi connectivity index (χ1) is 9.86. The lowest BCUT2D eigenvalue weighted by Crippen LogP contribution is -2.30. The fourth-order valence-corrected chi connectivity index (χ4v) is 3.06. The van der Waals surface area contributed by atoms with Gasteiger partial charge < -0.3 is 15.2 Å². The molecule has 0 bridgehead atoms. The molecule has 3 nitrogen and oxygen atoms in total. The van der Waals surface area contributed by atoms with Crippen molar-refractivity contribution in [1.82, 2.24) is 15.2 Å². The number of nitrogens with one attached hydrogen (secondary N) is 2. The van der Waals surface area contributed by atoms with Gasteiger partial charge in [-0.1, -0.05) is 13.0 Å². The monoisotopic (exact) mass is 271 g/mol. The van der Waals surface area contributed by atoms with Crippen LogP contribution in [0.5, 0.6) is 0 Å². The van der Waals surface area contributed by atoms with Crippen LogP contribution in [0.2, 0.25) is 0 Å². The first-order valence-electron chi connectivity index (χ1n) is 7.89. The van der Waals surface area contributed by atoms with E-state index in [0.717, 1.165) is 19.4 Å². The summed E-state index contributed by atoms with van der Waals surface area (Å²) in [5.74, 6) is 0. The average Bonchev–Trinajstić information content (AvgIpc) is 2.70. The van der Waals surface area contributed by atoms with Crippen LogP contribution in [0.15, 0.2) is 24.4 Å². The Hall–Kier alpha value is -1.32. The Morgan fingerprint density at radius 2 is 2.15 bits per heavy atom. The Bertz CT molecular complexity index is 550. The molecule has 3 rings (SSSR count). The maximum absolute atomic E-state index is 3.47. The standard InChI is InChI=1S/C17H25N3/c1-2-14-4-5-17-16(12-14)15(13-19-17)6-10-20-9-3-7-18-8-11-20/h4-5,12-13,18-19H,2-3,6-11H2,1H3. The summed E-state index contributed by atoms with van der Waals surface area (Å²) in [5, 5.41) is 4.88. The zero-order chi connectivity index (χ0) is 13.8. The largest absolute Gasteiger partial charge is 0.361 e. The molecule has 1 aromatic carbocycles. The van der Waals surface area contributed by atoms with Crippen molar-refractivity contribution in [2.45, 2.75) is 26.2 Å². The summed E-state index contributed by atoms with van der Waals surface area (Å²) < 4.78 is 0. The van der Waals surface area contributed by atoms with E-state index in [-0.39, 0.29) is 0 Å². The summed E-state index contributed by atoms with van der Waals surface area (Å²) in [7, 11) is 0. The van der Waals surface area contributed by atoms with Crippen molar-refractivity contribution in [3.05, 3.63) is 35.5 Å². The summed E-state index contributed by atoms with van der Waals surface area (Å²) in [6, 6.07) is 6.79. The molecule has 0 atom stereocenters. The minimum Gasteiger partial charge on any atom is -0.361 e. The Labute approximate surface area is 121 Å². The average molecular weight is 271 g/mol. The van der Waals surface area contributed by atoms with Crippen LogP contribution in [0.25, 0.3) is 10.9 Å². The predicted molar refractivity (Wildman–Crippen MR) is 85.3 cm³/mol. The molecule has 0 aliphatic carbocycles. The number of hydrogen-bond donors (Lipinski definition) is 2. The third kappa shape index (κ3) is 3.05. The molecule has 108 valence electrons. The molecule has 0 spiro atoms. The van der Waals surface area contributed by atoms with Crippen molar-refractivity contribution in [3.63, 3.8) is 0 Å². The van der Waals surface area contributed by atoms with Gasteiger partial charge in [0.2, 0.25) is 0 Å². The van der Waals surface area contributed by atoms with Crippen molar-refractivity contribution in [1.29, 1.82) is 0 Å². The number of fused-ring (bicyclic) bond motifs is 1. The number of H-pyrrole nitrogens is 1. The molecule has 0 radical (unpaired) electrons. The van der Waals surface area contributed by atoms with Crippen molar-refractivity contribution in [3.8, 4) is 0 Å². The topological polar surface area (TPSA) is 31.1 Å². The number of aryl methyl sites for hydroxylation is 1. The fraction of sp³-hybridized carbons (Fsp3) is 0.529. The maximum atomic E-state index is 3.47. The molecule has 20 heavy (non-hydrogen) atoms. The van der Waals surface area contributed by atoms with Gasteiger partial charge >= 0.3 is 0 Å².